The molecular weight excluding hydrogens is 252 g/mol. The summed E-state index contributed by atoms with van der Waals surface area (Å²) >= 11 is 0. The summed E-state index contributed by atoms with van der Waals surface area (Å²) in [5, 5.41) is 10.8. The second kappa shape index (κ2) is 5.64. The van der Waals surface area contributed by atoms with Crippen molar-refractivity contribution in [2.45, 2.75) is 26.2 Å². The SMILES string of the molecule is CCOC(=O)C(C)(C)c1ccc([N+](=O)[O-])c(OC)n1. The van der Waals surface area contributed by atoms with Gasteiger partial charge in [-0.1, -0.05) is 0 Å². The van der Waals surface area contributed by atoms with Gasteiger partial charge in [0.1, 0.15) is 5.41 Å². The van der Waals surface area contributed by atoms with E-state index in [1.807, 2.05) is 0 Å². The van der Waals surface area contributed by atoms with Crippen LogP contribution in [0.3, 0.4) is 0 Å². The van der Waals surface area contributed by atoms with Crippen LogP contribution >= 0.6 is 0 Å². The van der Waals surface area contributed by atoms with E-state index in [9.17, 15) is 14.9 Å². The fourth-order valence-corrected chi connectivity index (χ4v) is 1.49. The third kappa shape index (κ3) is 2.98. The van der Waals surface area contributed by atoms with Crippen molar-refractivity contribution in [2.24, 2.45) is 0 Å². The van der Waals surface area contributed by atoms with Crippen molar-refractivity contribution >= 4 is 11.7 Å². The van der Waals surface area contributed by atoms with E-state index < -0.39 is 16.3 Å². The summed E-state index contributed by atoms with van der Waals surface area (Å²) in [4.78, 5) is 26.1. The van der Waals surface area contributed by atoms with E-state index in [2.05, 4.69) is 4.98 Å². The molecule has 0 aliphatic heterocycles. The van der Waals surface area contributed by atoms with E-state index >= 15 is 0 Å². The highest BCUT2D eigenvalue weighted by Crippen LogP contribution is 2.30. The molecule has 0 radical (unpaired) electrons. The Hall–Kier alpha value is -2.18. The molecule has 104 valence electrons. The van der Waals surface area contributed by atoms with Gasteiger partial charge in [-0.15, -0.1) is 0 Å². The van der Waals surface area contributed by atoms with Crippen molar-refractivity contribution in [3.63, 3.8) is 0 Å². The first kappa shape index (κ1) is 14.9. The summed E-state index contributed by atoms with van der Waals surface area (Å²) in [6.45, 7) is 5.24. The van der Waals surface area contributed by atoms with Crippen LogP contribution in [0, 0.1) is 10.1 Å². The minimum Gasteiger partial charge on any atom is -0.476 e. The molecule has 7 heteroatoms. The molecule has 0 amide bonds. The Labute approximate surface area is 110 Å². The molecule has 1 aromatic rings. The molecule has 1 heterocycles. The van der Waals surface area contributed by atoms with Gasteiger partial charge in [0.05, 0.1) is 24.3 Å². The number of pyridine rings is 1. The minimum atomic E-state index is -1.00. The van der Waals surface area contributed by atoms with Crippen LogP contribution in [0.2, 0.25) is 0 Å². The summed E-state index contributed by atoms with van der Waals surface area (Å²) in [6.07, 6.45) is 0. The van der Waals surface area contributed by atoms with Gasteiger partial charge in [0.2, 0.25) is 0 Å². The molecule has 0 aliphatic rings. The van der Waals surface area contributed by atoms with Crippen LogP contribution in [-0.2, 0) is 14.9 Å². The van der Waals surface area contributed by atoms with Crippen molar-refractivity contribution < 1.29 is 19.2 Å². The highest BCUT2D eigenvalue weighted by molar-refractivity contribution is 5.81. The van der Waals surface area contributed by atoms with Crippen LogP contribution in [0.4, 0.5) is 5.69 Å². The Morgan fingerprint density at radius 2 is 2.11 bits per heavy atom. The van der Waals surface area contributed by atoms with Gasteiger partial charge in [-0.3, -0.25) is 14.9 Å². The summed E-state index contributed by atoms with van der Waals surface area (Å²) in [7, 11) is 1.29. The summed E-state index contributed by atoms with van der Waals surface area (Å²) in [5.74, 6) is -0.571. The van der Waals surface area contributed by atoms with Crippen molar-refractivity contribution in [1.82, 2.24) is 4.98 Å². The number of ether oxygens (including phenoxy) is 2. The van der Waals surface area contributed by atoms with E-state index in [0.29, 0.717) is 5.69 Å². The number of rotatable bonds is 5. The molecule has 0 aromatic carbocycles. The third-order valence-corrected chi connectivity index (χ3v) is 2.66. The number of methoxy groups -OCH3 is 1. The van der Waals surface area contributed by atoms with E-state index in [1.165, 1.54) is 19.2 Å². The molecule has 0 fully saturated rings. The Balaban J connectivity index is 3.21. The summed E-state index contributed by atoms with van der Waals surface area (Å²) in [5.41, 5.74) is -0.891. The van der Waals surface area contributed by atoms with Crippen LogP contribution in [0.1, 0.15) is 26.5 Å². The molecule has 0 atom stereocenters. The Morgan fingerprint density at radius 1 is 1.47 bits per heavy atom. The first-order chi connectivity index (χ1) is 8.84. The maximum atomic E-state index is 11.8. The fraction of sp³-hybridized carbons (Fsp3) is 0.500. The van der Waals surface area contributed by atoms with Gasteiger partial charge >= 0.3 is 11.7 Å². The maximum Gasteiger partial charge on any atom is 0.330 e. The standard InChI is InChI=1S/C12H16N2O5/c1-5-19-11(15)12(2,3)9-7-6-8(14(16)17)10(13-9)18-4/h6-7H,5H2,1-4H3. The first-order valence-electron chi connectivity index (χ1n) is 5.71. The number of carbonyl (C=O) groups is 1. The molecule has 0 aliphatic carbocycles. The van der Waals surface area contributed by atoms with E-state index in [0.717, 1.165) is 0 Å². The average Bonchev–Trinajstić information content (AvgIpc) is 2.37. The third-order valence-electron chi connectivity index (χ3n) is 2.66. The molecule has 7 nitrogen and oxygen atoms in total. The second-order valence-electron chi connectivity index (χ2n) is 4.33. The summed E-state index contributed by atoms with van der Waals surface area (Å²) < 4.78 is 9.84. The predicted molar refractivity (Wildman–Crippen MR) is 67.1 cm³/mol. The molecular formula is C12H16N2O5. The molecule has 0 saturated carbocycles. The van der Waals surface area contributed by atoms with E-state index in [1.54, 1.807) is 20.8 Å². The predicted octanol–water partition coefficient (Wildman–Crippen LogP) is 1.84. The Bertz CT molecular complexity index is 499. The van der Waals surface area contributed by atoms with Crippen LogP contribution < -0.4 is 4.74 Å². The Morgan fingerprint density at radius 3 is 2.58 bits per heavy atom. The highest BCUT2D eigenvalue weighted by atomic mass is 16.6. The minimum absolute atomic E-state index is 0.125. The second-order valence-corrected chi connectivity index (χ2v) is 4.33. The molecule has 0 unspecified atom stereocenters. The van der Waals surface area contributed by atoms with Gasteiger partial charge in [-0.25, -0.2) is 4.98 Å². The number of aromatic nitrogens is 1. The smallest absolute Gasteiger partial charge is 0.330 e. The number of hydrogen-bond donors (Lipinski definition) is 0. The lowest BCUT2D eigenvalue weighted by Gasteiger charge is -2.21. The molecule has 0 spiro atoms. The zero-order valence-corrected chi connectivity index (χ0v) is 11.3. The fourth-order valence-electron chi connectivity index (χ4n) is 1.49. The highest BCUT2D eigenvalue weighted by Gasteiger charge is 2.34. The van der Waals surface area contributed by atoms with Gasteiger partial charge < -0.3 is 9.47 Å². The molecule has 1 rings (SSSR count). The lowest BCUT2D eigenvalue weighted by molar-refractivity contribution is -0.386. The van der Waals surface area contributed by atoms with Crippen LogP contribution in [0.5, 0.6) is 5.88 Å². The molecule has 0 bridgehead atoms. The number of carbonyl (C=O) groups excluding carboxylic acids is 1. The maximum absolute atomic E-state index is 11.8. The molecule has 1 aromatic heterocycles. The van der Waals surface area contributed by atoms with Gasteiger partial charge in [-0.2, -0.15) is 0 Å². The number of hydrogen-bond acceptors (Lipinski definition) is 6. The van der Waals surface area contributed by atoms with Gasteiger partial charge in [0.15, 0.2) is 0 Å². The average molecular weight is 268 g/mol. The molecule has 0 N–H and O–H groups in total. The number of nitro groups is 1. The van der Waals surface area contributed by atoms with Gasteiger partial charge in [0, 0.05) is 6.07 Å². The van der Waals surface area contributed by atoms with Crippen molar-refractivity contribution in [2.75, 3.05) is 13.7 Å². The molecule has 19 heavy (non-hydrogen) atoms. The molecule has 0 saturated heterocycles. The first-order valence-corrected chi connectivity index (χ1v) is 5.71. The zero-order chi connectivity index (χ0) is 14.6. The van der Waals surface area contributed by atoms with Crippen molar-refractivity contribution in [1.29, 1.82) is 0 Å². The lowest BCUT2D eigenvalue weighted by Crippen LogP contribution is -2.32. The quantitative estimate of drug-likeness (QED) is 0.459. The van der Waals surface area contributed by atoms with Gasteiger partial charge in [-0.05, 0) is 26.8 Å². The van der Waals surface area contributed by atoms with Crippen LogP contribution in [0.15, 0.2) is 12.1 Å². The van der Waals surface area contributed by atoms with Crippen molar-refractivity contribution in [3.8, 4) is 5.88 Å². The zero-order valence-electron chi connectivity index (χ0n) is 11.3. The number of esters is 1. The topological polar surface area (TPSA) is 91.6 Å². The monoisotopic (exact) mass is 268 g/mol. The van der Waals surface area contributed by atoms with E-state index in [4.69, 9.17) is 9.47 Å². The normalized spacial score (nSPS) is 10.9. The van der Waals surface area contributed by atoms with Crippen LogP contribution in [-0.4, -0.2) is 29.6 Å². The van der Waals surface area contributed by atoms with Crippen molar-refractivity contribution in [3.05, 3.63) is 27.9 Å². The summed E-state index contributed by atoms with van der Waals surface area (Å²) in [6, 6.07) is 2.69. The van der Waals surface area contributed by atoms with E-state index in [-0.39, 0.29) is 18.2 Å². The largest absolute Gasteiger partial charge is 0.476 e. The lowest BCUT2D eigenvalue weighted by atomic mass is 9.89. The van der Waals surface area contributed by atoms with Gasteiger partial charge in [0.25, 0.3) is 5.88 Å². The Kier molecular flexibility index (Phi) is 4.42. The number of nitrogens with zero attached hydrogens (tertiary/aromatic N) is 2. The van der Waals surface area contributed by atoms with Crippen LogP contribution in [0.25, 0.3) is 0 Å².